The maximum Gasteiger partial charge on any atom is 0.272 e. The van der Waals surface area contributed by atoms with Crippen LogP contribution in [0.25, 0.3) is 0 Å². The second kappa shape index (κ2) is 9.35. The Morgan fingerprint density at radius 1 is 1.24 bits per heavy atom. The van der Waals surface area contributed by atoms with Crippen molar-refractivity contribution < 1.29 is 4.79 Å². The highest BCUT2D eigenvalue weighted by Crippen LogP contribution is 2.25. The van der Waals surface area contributed by atoms with E-state index in [2.05, 4.69) is 26.8 Å². The summed E-state index contributed by atoms with van der Waals surface area (Å²) in [6.45, 7) is 1.51. The molecular weight excluding hydrogens is 362 g/mol. The largest absolute Gasteiger partial charge is 0.347 e. The van der Waals surface area contributed by atoms with Gasteiger partial charge in [0.25, 0.3) is 5.91 Å². The Labute approximate surface area is 172 Å². The first-order valence-electron chi connectivity index (χ1n) is 10.8. The lowest BCUT2D eigenvalue weighted by Gasteiger charge is -2.25. The molecule has 0 bridgehead atoms. The molecule has 1 unspecified atom stereocenters. The van der Waals surface area contributed by atoms with Crippen LogP contribution in [-0.4, -0.2) is 33.3 Å². The first kappa shape index (κ1) is 19.8. The van der Waals surface area contributed by atoms with Crippen molar-refractivity contribution in [1.82, 2.24) is 25.4 Å². The highest BCUT2D eigenvalue weighted by Gasteiger charge is 2.28. The SMILES string of the molecule is Cn1nc(C(=O)NCc2ccncc2)c2c1CCC(NCCC1=CCCCC1)C2. The van der Waals surface area contributed by atoms with Crippen molar-refractivity contribution in [3.63, 3.8) is 0 Å². The highest BCUT2D eigenvalue weighted by atomic mass is 16.1. The number of pyridine rings is 1. The molecule has 2 heterocycles. The average molecular weight is 394 g/mol. The standard InChI is InChI=1S/C23H31N5O/c1-28-21-8-7-19(25-14-11-17-5-3-2-4-6-17)15-20(21)22(27-28)23(29)26-16-18-9-12-24-13-10-18/h5,9-10,12-13,19,25H,2-4,6-8,11,14-16H2,1H3,(H,26,29). The molecule has 0 fully saturated rings. The summed E-state index contributed by atoms with van der Waals surface area (Å²) in [5.74, 6) is -0.0910. The monoisotopic (exact) mass is 393 g/mol. The van der Waals surface area contributed by atoms with Gasteiger partial charge in [0.15, 0.2) is 5.69 Å². The number of aryl methyl sites for hydroxylation is 1. The molecule has 4 rings (SSSR count). The number of amides is 1. The van der Waals surface area contributed by atoms with Gasteiger partial charge in [-0.3, -0.25) is 14.5 Å². The van der Waals surface area contributed by atoms with E-state index < -0.39 is 0 Å². The van der Waals surface area contributed by atoms with Gasteiger partial charge in [0.05, 0.1) is 0 Å². The van der Waals surface area contributed by atoms with Crippen LogP contribution in [0.2, 0.25) is 0 Å². The minimum absolute atomic E-state index is 0.0910. The van der Waals surface area contributed by atoms with Gasteiger partial charge < -0.3 is 10.6 Å². The molecule has 0 saturated carbocycles. The van der Waals surface area contributed by atoms with Gasteiger partial charge in [-0.2, -0.15) is 5.10 Å². The number of hydrogen-bond acceptors (Lipinski definition) is 4. The van der Waals surface area contributed by atoms with Crippen LogP contribution in [0.5, 0.6) is 0 Å². The number of fused-ring (bicyclic) bond motifs is 1. The molecule has 2 aromatic heterocycles. The van der Waals surface area contributed by atoms with Crippen LogP contribution in [0.15, 0.2) is 36.2 Å². The molecule has 1 amide bonds. The van der Waals surface area contributed by atoms with Gasteiger partial charge in [0.1, 0.15) is 0 Å². The van der Waals surface area contributed by atoms with Crippen molar-refractivity contribution in [2.75, 3.05) is 6.54 Å². The minimum atomic E-state index is -0.0910. The Morgan fingerprint density at radius 2 is 2.10 bits per heavy atom. The lowest BCUT2D eigenvalue weighted by molar-refractivity contribution is 0.0944. The van der Waals surface area contributed by atoms with E-state index in [1.54, 1.807) is 18.0 Å². The van der Waals surface area contributed by atoms with Crippen molar-refractivity contribution in [2.24, 2.45) is 7.05 Å². The smallest absolute Gasteiger partial charge is 0.272 e. The molecule has 0 spiro atoms. The Bertz CT molecular complexity index is 871. The highest BCUT2D eigenvalue weighted by molar-refractivity contribution is 5.94. The predicted molar refractivity (Wildman–Crippen MR) is 114 cm³/mol. The fraction of sp³-hybridized carbons (Fsp3) is 0.522. The van der Waals surface area contributed by atoms with E-state index in [9.17, 15) is 4.79 Å². The van der Waals surface area contributed by atoms with Crippen molar-refractivity contribution in [1.29, 1.82) is 0 Å². The van der Waals surface area contributed by atoms with E-state index >= 15 is 0 Å². The van der Waals surface area contributed by atoms with Crippen molar-refractivity contribution >= 4 is 5.91 Å². The molecule has 2 aliphatic carbocycles. The van der Waals surface area contributed by atoms with E-state index in [1.165, 1.54) is 31.4 Å². The Hall–Kier alpha value is -2.47. The maximum atomic E-state index is 12.8. The number of aromatic nitrogens is 3. The van der Waals surface area contributed by atoms with Gasteiger partial charge in [-0.15, -0.1) is 0 Å². The number of allylic oxidation sites excluding steroid dienone is 1. The third-order valence-electron chi connectivity index (χ3n) is 6.14. The summed E-state index contributed by atoms with van der Waals surface area (Å²) in [5, 5.41) is 11.3. The molecule has 154 valence electrons. The Morgan fingerprint density at radius 3 is 2.90 bits per heavy atom. The summed E-state index contributed by atoms with van der Waals surface area (Å²) in [7, 11) is 1.95. The molecular formula is C23H31N5O. The molecule has 6 heteroatoms. The van der Waals surface area contributed by atoms with Gasteiger partial charge in [-0.05, 0) is 75.6 Å². The van der Waals surface area contributed by atoms with E-state index in [1.807, 2.05) is 23.9 Å². The van der Waals surface area contributed by atoms with E-state index in [0.29, 0.717) is 18.3 Å². The van der Waals surface area contributed by atoms with E-state index in [0.717, 1.165) is 43.4 Å². The lowest BCUT2D eigenvalue weighted by Crippen LogP contribution is -2.36. The van der Waals surface area contributed by atoms with Crippen LogP contribution in [0.3, 0.4) is 0 Å². The number of rotatable bonds is 7. The van der Waals surface area contributed by atoms with Crippen LogP contribution < -0.4 is 10.6 Å². The number of carbonyl (C=O) groups excluding carboxylic acids is 1. The summed E-state index contributed by atoms with van der Waals surface area (Å²) in [6, 6.07) is 4.24. The summed E-state index contributed by atoms with van der Waals surface area (Å²) in [6.07, 6.45) is 15.2. The summed E-state index contributed by atoms with van der Waals surface area (Å²) < 4.78 is 1.89. The van der Waals surface area contributed by atoms with Crippen LogP contribution in [0, 0.1) is 0 Å². The number of nitrogens with one attached hydrogen (secondary N) is 2. The van der Waals surface area contributed by atoms with Crippen molar-refractivity contribution in [2.45, 2.75) is 64.0 Å². The first-order chi connectivity index (χ1) is 14.2. The Balaban J connectivity index is 1.35. The second-order valence-electron chi connectivity index (χ2n) is 8.19. The van der Waals surface area contributed by atoms with Crippen molar-refractivity contribution in [3.8, 4) is 0 Å². The summed E-state index contributed by atoms with van der Waals surface area (Å²) >= 11 is 0. The summed E-state index contributed by atoms with van der Waals surface area (Å²) in [4.78, 5) is 16.8. The minimum Gasteiger partial charge on any atom is -0.347 e. The third kappa shape index (κ3) is 4.93. The van der Waals surface area contributed by atoms with Gasteiger partial charge in [-0.1, -0.05) is 11.6 Å². The molecule has 2 aliphatic rings. The van der Waals surface area contributed by atoms with Crippen LogP contribution in [0.4, 0.5) is 0 Å². The molecule has 2 N–H and O–H groups in total. The number of hydrogen-bond donors (Lipinski definition) is 2. The maximum absolute atomic E-state index is 12.8. The van der Waals surface area contributed by atoms with Crippen LogP contribution in [0.1, 0.15) is 65.8 Å². The Kier molecular flexibility index (Phi) is 6.39. The molecule has 6 nitrogen and oxygen atoms in total. The molecule has 0 aliphatic heterocycles. The fourth-order valence-electron chi connectivity index (χ4n) is 4.48. The number of nitrogens with zero attached hydrogens (tertiary/aromatic N) is 3. The van der Waals surface area contributed by atoms with Crippen LogP contribution >= 0.6 is 0 Å². The zero-order chi connectivity index (χ0) is 20.1. The average Bonchev–Trinajstić information content (AvgIpc) is 3.09. The summed E-state index contributed by atoms with van der Waals surface area (Å²) in [5.41, 5.74) is 5.54. The van der Waals surface area contributed by atoms with Gasteiger partial charge in [0.2, 0.25) is 0 Å². The molecule has 0 saturated heterocycles. The quantitative estimate of drug-likeness (QED) is 0.709. The lowest BCUT2D eigenvalue weighted by atomic mass is 9.90. The van der Waals surface area contributed by atoms with Crippen molar-refractivity contribution in [3.05, 3.63) is 58.7 Å². The second-order valence-corrected chi connectivity index (χ2v) is 8.19. The third-order valence-corrected chi connectivity index (χ3v) is 6.14. The zero-order valence-corrected chi connectivity index (χ0v) is 17.3. The zero-order valence-electron chi connectivity index (χ0n) is 17.3. The molecule has 1 atom stereocenters. The van der Waals surface area contributed by atoms with E-state index in [4.69, 9.17) is 0 Å². The van der Waals surface area contributed by atoms with Crippen LogP contribution in [-0.2, 0) is 26.4 Å². The molecule has 0 aromatic carbocycles. The predicted octanol–water partition coefficient (Wildman–Crippen LogP) is 3.08. The van der Waals surface area contributed by atoms with Gasteiger partial charge >= 0.3 is 0 Å². The topological polar surface area (TPSA) is 71.8 Å². The molecule has 0 radical (unpaired) electrons. The normalized spacial score (nSPS) is 18.8. The molecule has 29 heavy (non-hydrogen) atoms. The van der Waals surface area contributed by atoms with Gasteiger partial charge in [0, 0.05) is 43.3 Å². The first-order valence-corrected chi connectivity index (χ1v) is 10.8. The van der Waals surface area contributed by atoms with Gasteiger partial charge in [-0.25, -0.2) is 0 Å². The van der Waals surface area contributed by atoms with E-state index in [-0.39, 0.29) is 5.91 Å². The fourth-order valence-corrected chi connectivity index (χ4v) is 4.48. The number of carbonyl (C=O) groups is 1. The molecule has 2 aromatic rings.